The lowest BCUT2D eigenvalue weighted by atomic mass is 9.86. The average Bonchev–Trinajstić information content (AvgIpc) is 2.30. The molecule has 0 rings (SSSR count). The van der Waals surface area contributed by atoms with E-state index in [0.29, 0.717) is 5.92 Å². The van der Waals surface area contributed by atoms with Gasteiger partial charge >= 0.3 is 0 Å². The van der Waals surface area contributed by atoms with E-state index in [2.05, 4.69) is 27.7 Å². The van der Waals surface area contributed by atoms with Crippen LogP contribution in [0.5, 0.6) is 0 Å². The molecule has 1 unspecified atom stereocenters. The Balaban J connectivity index is 3.17. The van der Waals surface area contributed by atoms with Gasteiger partial charge in [0, 0.05) is 5.54 Å². The van der Waals surface area contributed by atoms with Gasteiger partial charge < -0.3 is 5.73 Å². The van der Waals surface area contributed by atoms with E-state index in [1.807, 2.05) is 0 Å². The number of unbranched alkanes of at least 4 members (excludes halogenated alkanes) is 9. The molecule has 110 valence electrons. The Morgan fingerprint density at radius 3 is 1.56 bits per heavy atom. The Kier molecular flexibility index (Phi) is 10.8. The monoisotopic (exact) mass is 255 g/mol. The second-order valence-corrected chi connectivity index (χ2v) is 6.69. The highest BCUT2D eigenvalue weighted by Gasteiger charge is 2.19. The fourth-order valence-electron chi connectivity index (χ4n) is 2.31. The molecule has 0 amide bonds. The van der Waals surface area contributed by atoms with Gasteiger partial charge in [0.2, 0.25) is 0 Å². The lowest BCUT2D eigenvalue weighted by Crippen LogP contribution is -2.39. The molecule has 0 aliphatic rings. The summed E-state index contributed by atoms with van der Waals surface area (Å²) in [6, 6.07) is 0. The smallest absolute Gasteiger partial charge is 0.0123 e. The Morgan fingerprint density at radius 2 is 1.17 bits per heavy atom. The molecule has 0 radical (unpaired) electrons. The minimum atomic E-state index is -0.000717. The van der Waals surface area contributed by atoms with Crippen LogP contribution >= 0.6 is 0 Å². The molecule has 0 aromatic rings. The first kappa shape index (κ1) is 18.0. The van der Waals surface area contributed by atoms with Crippen LogP contribution in [0.3, 0.4) is 0 Å². The first-order valence-corrected chi connectivity index (χ1v) is 8.27. The van der Waals surface area contributed by atoms with Gasteiger partial charge in [-0.2, -0.15) is 0 Å². The van der Waals surface area contributed by atoms with Crippen LogP contribution in [0.2, 0.25) is 0 Å². The highest BCUT2D eigenvalue weighted by Crippen LogP contribution is 2.20. The van der Waals surface area contributed by atoms with Crippen LogP contribution in [0, 0.1) is 5.92 Å². The summed E-state index contributed by atoms with van der Waals surface area (Å²) < 4.78 is 0. The minimum absolute atomic E-state index is 0.000717. The minimum Gasteiger partial charge on any atom is -0.325 e. The molecule has 0 spiro atoms. The van der Waals surface area contributed by atoms with Crippen molar-refractivity contribution < 1.29 is 0 Å². The molecule has 18 heavy (non-hydrogen) atoms. The SMILES string of the molecule is CCCCCCCCCCCCC(C)C(C)(C)N. The molecule has 0 aromatic heterocycles. The third-order valence-electron chi connectivity index (χ3n) is 4.26. The fourth-order valence-corrected chi connectivity index (χ4v) is 2.31. The van der Waals surface area contributed by atoms with Crippen LogP contribution in [0.1, 0.15) is 98.3 Å². The molecule has 1 nitrogen and oxygen atoms in total. The van der Waals surface area contributed by atoms with E-state index in [9.17, 15) is 0 Å². The summed E-state index contributed by atoms with van der Waals surface area (Å²) in [7, 11) is 0. The molecule has 0 bridgehead atoms. The maximum absolute atomic E-state index is 6.10. The molecular formula is C17H37N. The second-order valence-electron chi connectivity index (χ2n) is 6.69. The number of hydrogen-bond acceptors (Lipinski definition) is 1. The molecule has 0 saturated carbocycles. The van der Waals surface area contributed by atoms with Gasteiger partial charge in [-0.15, -0.1) is 0 Å². The second kappa shape index (κ2) is 10.8. The Bertz CT molecular complexity index is 169. The summed E-state index contributed by atoms with van der Waals surface area (Å²) in [6.45, 7) is 8.86. The molecule has 0 heterocycles. The maximum Gasteiger partial charge on any atom is 0.0123 e. The summed E-state index contributed by atoms with van der Waals surface area (Å²) in [5, 5.41) is 0. The van der Waals surface area contributed by atoms with Gasteiger partial charge in [-0.25, -0.2) is 0 Å². The lowest BCUT2D eigenvalue weighted by molar-refractivity contribution is 0.316. The fraction of sp³-hybridized carbons (Fsp3) is 1.00. The van der Waals surface area contributed by atoms with Crippen molar-refractivity contribution in [2.24, 2.45) is 11.7 Å². The predicted molar refractivity (Wildman–Crippen MR) is 83.9 cm³/mol. The zero-order valence-corrected chi connectivity index (χ0v) is 13.4. The van der Waals surface area contributed by atoms with Gasteiger partial charge in [0.1, 0.15) is 0 Å². The lowest BCUT2D eigenvalue weighted by Gasteiger charge is -2.27. The summed E-state index contributed by atoms with van der Waals surface area (Å²) >= 11 is 0. The molecule has 0 fully saturated rings. The van der Waals surface area contributed by atoms with Crippen LogP contribution in [-0.2, 0) is 0 Å². The highest BCUT2D eigenvalue weighted by atomic mass is 14.7. The predicted octanol–water partition coefficient (Wildman–Crippen LogP) is 5.67. The summed E-state index contributed by atoms with van der Waals surface area (Å²) in [4.78, 5) is 0. The summed E-state index contributed by atoms with van der Waals surface area (Å²) in [5.41, 5.74) is 6.10. The number of rotatable bonds is 12. The molecule has 0 aliphatic carbocycles. The zero-order valence-electron chi connectivity index (χ0n) is 13.4. The summed E-state index contributed by atoms with van der Waals surface area (Å²) in [5.74, 6) is 0.645. The van der Waals surface area contributed by atoms with Gasteiger partial charge in [-0.3, -0.25) is 0 Å². The van der Waals surface area contributed by atoms with Crippen molar-refractivity contribution >= 4 is 0 Å². The normalized spacial score (nSPS) is 13.8. The maximum atomic E-state index is 6.10. The van der Waals surface area contributed by atoms with Crippen LogP contribution in [-0.4, -0.2) is 5.54 Å². The van der Waals surface area contributed by atoms with Gasteiger partial charge in [-0.1, -0.05) is 78.1 Å². The molecular weight excluding hydrogens is 218 g/mol. The van der Waals surface area contributed by atoms with E-state index < -0.39 is 0 Å². The van der Waals surface area contributed by atoms with E-state index in [1.54, 1.807) is 0 Å². The van der Waals surface area contributed by atoms with Crippen LogP contribution < -0.4 is 5.73 Å². The molecule has 0 aliphatic heterocycles. The largest absolute Gasteiger partial charge is 0.325 e. The highest BCUT2D eigenvalue weighted by molar-refractivity contribution is 4.78. The Hall–Kier alpha value is -0.0400. The van der Waals surface area contributed by atoms with Crippen LogP contribution in [0.15, 0.2) is 0 Å². The van der Waals surface area contributed by atoms with E-state index in [4.69, 9.17) is 5.73 Å². The molecule has 1 atom stereocenters. The van der Waals surface area contributed by atoms with Gasteiger partial charge in [0.15, 0.2) is 0 Å². The van der Waals surface area contributed by atoms with Crippen molar-refractivity contribution in [3.63, 3.8) is 0 Å². The topological polar surface area (TPSA) is 26.0 Å². The first-order valence-electron chi connectivity index (χ1n) is 8.27. The molecule has 1 heteroatoms. The van der Waals surface area contributed by atoms with Crippen molar-refractivity contribution in [1.82, 2.24) is 0 Å². The van der Waals surface area contributed by atoms with Crippen molar-refractivity contribution in [2.45, 2.75) is 104 Å². The van der Waals surface area contributed by atoms with Crippen molar-refractivity contribution in [3.8, 4) is 0 Å². The van der Waals surface area contributed by atoms with Crippen LogP contribution in [0.25, 0.3) is 0 Å². The first-order chi connectivity index (χ1) is 8.48. The van der Waals surface area contributed by atoms with E-state index in [-0.39, 0.29) is 5.54 Å². The molecule has 0 saturated heterocycles. The van der Waals surface area contributed by atoms with Gasteiger partial charge in [0.25, 0.3) is 0 Å². The zero-order chi connectivity index (χ0) is 13.9. The number of nitrogens with two attached hydrogens (primary N) is 1. The Labute approximate surface area is 116 Å². The van der Waals surface area contributed by atoms with E-state index >= 15 is 0 Å². The summed E-state index contributed by atoms with van der Waals surface area (Å²) in [6.07, 6.45) is 15.5. The average molecular weight is 255 g/mol. The van der Waals surface area contributed by atoms with Crippen molar-refractivity contribution in [3.05, 3.63) is 0 Å². The van der Waals surface area contributed by atoms with Gasteiger partial charge in [-0.05, 0) is 26.2 Å². The van der Waals surface area contributed by atoms with Crippen molar-refractivity contribution in [1.29, 1.82) is 0 Å². The van der Waals surface area contributed by atoms with Crippen molar-refractivity contribution in [2.75, 3.05) is 0 Å². The number of hydrogen-bond donors (Lipinski definition) is 1. The Morgan fingerprint density at radius 1 is 0.778 bits per heavy atom. The third-order valence-corrected chi connectivity index (χ3v) is 4.26. The third kappa shape index (κ3) is 11.1. The van der Waals surface area contributed by atoms with Gasteiger partial charge in [0.05, 0.1) is 0 Å². The molecule has 0 aromatic carbocycles. The van der Waals surface area contributed by atoms with Crippen LogP contribution in [0.4, 0.5) is 0 Å². The van der Waals surface area contributed by atoms with E-state index in [1.165, 1.54) is 70.6 Å². The van der Waals surface area contributed by atoms with E-state index in [0.717, 1.165) is 0 Å². The molecule has 2 N–H and O–H groups in total. The standard InChI is InChI=1S/C17H37N/c1-5-6-7-8-9-10-11-12-13-14-15-16(2)17(3,4)18/h16H,5-15,18H2,1-4H3. The quantitative estimate of drug-likeness (QED) is 0.447.